The predicted octanol–water partition coefficient (Wildman–Crippen LogP) is 0.635. The number of carbonyl (C=O) groups excluding carboxylic acids is 4. The van der Waals surface area contributed by atoms with Crippen LogP contribution in [0.1, 0.15) is 12.8 Å². The Morgan fingerprint density at radius 2 is 1.78 bits per heavy atom. The topological polar surface area (TPSA) is 95.6 Å². The third-order valence-electron chi connectivity index (χ3n) is 2.50. The van der Waals surface area contributed by atoms with Crippen LogP contribution in [0.4, 0.5) is 0 Å². The lowest BCUT2D eigenvalue weighted by atomic mass is 10.3. The van der Waals surface area contributed by atoms with Gasteiger partial charge in [0, 0.05) is 31.7 Å². The number of rotatable bonds is 8. The molecule has 0 fully saturated rings. The minimum atomic E-state index is -0.289. The Hall–Kier alpha value is -2.22. The number of nitrogens with one attached hydrogen (secondary N) is 2. The number of amides is 4. The average Bonchev–Trinajstić information content (AvgIpc) is 2.84. The van der Waals surface area contributed by atoms with Gasteiger partial charge < -0.3 is 10.6 Å². The van der Waals surface area contributed by atoms with Crippen molar-refractivity contribution in [3.8, 4) is 0 Å². The Morgan fingerprint density at radius 1 is 1.17 bits per heavy atom. The summed E-state index contributed by atoms with van der Waals surface area (Å²) in [7, 11) is 0. The van der Waals surface area contributed by atoms with Crippen LogP contribution in [0.3, 0.4) is 0 Å². The van der Waals surface area contributed by atoms with Crippen LogP contribution in [0.2, 0.25) is 0 Å². The third-order valence-corrected chi connectivity index (χ3v) is 3.00. The fourth-order valence-electron chi connectivity index (χ4n) is 1.47. The number of alkyl halides is 1. The van der Waals surface area contributed by atoms with Gasteiger partial charge in [-0.15, -0.1) is 6.58 Å². The molecular weight excluding hydrogens is 366 g/mol. The lowest BCUT2D eigenvalue weighted by molar-refractivity contribution is -0.136. The molecule has 0 spiro atoms. The van der Waals surface area contributed by atoms with Crippen molar-refractivity contribution in [2.45, 2.75) is 12.8 Å². The smallest absolute Gasteiger partial charge is 0.253 e. The van der Waals surface area contributed by atoms with E-state index in [2.05, 4.69) is 39.7 Å². The van der Waals surface area contributed by atoms with Gasteiger partial charge in [0.15, 0.2) is 0 Å². The van der Waals surface area contributed by atoms with Crippen LogP contribution in [0, 0.1) is 0 Å². The van der Waals surface area contributed by atoms with Crippen LogP contribution in [-0.2, 0) is 19.2 Å². The van der Waals surface area contributed by atoms with Gasteiger partial charge in [-0.1, -0.05) is 28.6 Å². The van der Waals surface area contributed by atoms with Gasteiger partial charge in [-0.05, 0) is 12.6 Å². The van der Waals surface area contributed by atoms with Gasteiger partial charge in [0.05, 0.1) is 5.33 Å². The zero-order valence-corrected chi connectivity index (χ0v) is 14.3. The van der Waals surface area contributed by atoms with E-state index < -0.39 is 0 Å². The summed E-state index contributed by atoms with van der Waals surface area (Å²) in [6.07, 6.45) is 6.21. The first kappa shape index (κ1) is 20.8. The quantitative estimate of drug-likeness (QED) is 0.277. The average molecular weight is 386 g/mol. The van der Waals surface area contributed by atoms with E-state index in [1.165, 1.54) is 24.4 Å². The number of hydrogen-bond acceptors (Lipinski definition) is 4. The molecule has 0 unspecified atom stereocenters. The molecule has 0 aromatic carbocycles. The summed E-state index contributed by atoms with van der Waals surface area (Å²) in [4.78, 5) is 44.6. The molecule has 0 bridgehead atoms. The molecule has 0 saturated carbocycles. The highest BCUT2D eigenvalue weighted by Crippen LogP contribution is 2.03. The molecule has 0 atom stereocenters. The summed E-state index contributed by atoms with van der Waals surface area (Å²) in [5.41, 5.74) is 0. The van der Waals surface area contributed by atoms with E-state index >= 15 is 0 Å². The van der Waals surface area contributed by atoms with Gasteiger partial charge >= 0.3 is 0 Å². The van der Waals surface area contributed by atoms with Crippen LogP contribution in [0.25, 0.3) is 0 Å². The summed E-state index contributed by atoms with van der Waals surface area (Å²) in [6, 6.07) is 0. The van der Waals surface area contributed by atoms with Crippen molar-refractivity contribution in [1.82, 2.24) is 15.5 Å². The van der Waals surface area contributed by atoms with Gasteiger partial charge in [-0.3, -0.25) is 24.1 Å². The van der Waals surface area contributed by atoms with Crippen molar-refractivity contribution in [2.75, 3.05) is 18.4 Å². The molecule has 0 aromatic heterocycles. The van der Waals surface area contributed by atoms with Crippen molar-refractivity contribution in [2.24, 2.45) is 0 Å². The van der Waals surface area contributed by atoms with E-state index in [1.54, 1.807) is 0 Å². The molecule has 0 aliphatic carbocycles. The Labute approximate surface area is 143 Å². The van der Waals surface area contributed by atoms with E-state index in [9.17, 15) is 19.2 Å². The Bertz CT molecular complexity index is 485. The first-order valence-corrected chi connectivity index (χ1v) is 7.95. The first-order valence-electron chi connectivity index (χ1n) is 6.83. The normalized spacial score (nSPS) is 12.3. The molecular formula is C15H20BrN3O4. The van der Waals surface area contributed by atoms with E-state index in [4.69, 9.17) is 0 Å². The maximum absolute atomic E-state index is 11.1. The van der Waals surface area contributed by atoms with Crippen LogP contribution >= 0.6 is 15.9 Å². The van der Waals surface area contributed by atoms with Crippen molar-refractivity contribution in [3.63, 3.8) is 0 Å². The number of nitrogens with zero attached hydrogens (tertiary/aromatic N) is 1. The van der Waals surface area contributed by atoms with Crippen molar-refractivity contribution in [1.29, 1.82) is 0 Å². The molecule has 1 aliphatic rings. The molecule has 23 heavy (non-hydrogen) atoms. The van der Waals surface area contributed by atoms with Crippen LogP contribution in [0.15, 0.2) is 37.6 Å². The van der Waals surface area contributed by atoms with Crippen molar-refractivity contribution < 1.29 is 19.2 Å². The zero-order chi connectivity index (χ0) is 17.7. The Balaban J connectivity index is 0.000000585. The molecule has 2 N–H and O–H groups in total. The lowest BCUT2D eigenvalue weighted by Crippen LogP contribution is -2.33. The standard InChI is InChI=1S/C11H14N2O3.C4H6BrNO/c1-2-4-9(14)12-7-3-8-13-10(15)5-6-11(13)16;1-2-6-4(7)3-5/h2,5-6H,1,3-4,7-8H2,(H,12,14);2H,1,3H2,(H,6,7). The number of halogens is 1. The zero-order valence-electron chi connectivity index (χ0n) is 12.7. The molecule has 7 nitrogen and oxygen atoms in total. The fourth-order valence-corrected chi connectivity index (χ4v) is 1.63. The van der Waals surface area contributed by atoms with Crippen LogP contribution in [-0.4, -0.2) is 46.9 Å². The second-order valence-corrected chi connectivity index (χ2v) is 4.82. The monoisotopic (exact) mass is 385 g/mol. The largest absolute Gasteiger partial charge is 0.356 e. The van der Waals surface area contributed by atoms with E-state index in [0.29, 0.717) is 24.8 Å². The van der Waals surface area contributed by atoms with E-state index in [-0.39, 0.29) is 30.0 Å². The van der Waals surface area contributed by atoms with Crippen LogP contribution in [0.5, 0.6) is 0 Å². The van der Waals surface area contributed by atoms with Gasteiger partial charge in [-0.2, -0.15) is 0 Å². The predicted molar refractivity (Wildman–Crippen MR) is 90.4 cm³/mol. The lowest BCUT2D eigenvalue weighted by Gasteiger charge is -2.13. The molecule has 1 rings (SSSR count). The van der Waals surface area contributed by atoms with Gasteiger partial charge in [0.2, 0.25) is 11.8 Å². The van der Waals surface area contributed by atoms with Gasteiger partial charge in [0.25, 0.3) is 11.8 Å². The summed E-state index contributed by atoms with van der Waals surface area (Å²) in [5, 5.41) is 5.36. The molecule has 4 amide bonds. The second kappa shape index (κ2) is 12.3. The van der Waals surface area contributed by atoms with Crippen LogP contribution < -0.4 is 10.6 Å². The van der Waals surface area contributed by atoms with Crippen molar-refractivity contribution in [3.05, 3.63) is 37.6 Å². The number of hydrogen-bond donors (Lipinski definition) is 2. The molecule has 0 saturated heterocycles. The number of imide groups is 1. The highest BCUT2D eigenvalue weighted by molar-refractivity contribution is 9.09. The first-order chi connectivity index (χ1) is 11.0. The van der Waals surface area contributed by atoms with Crippen molar-refractivity contribution >= 4 is 39.6 Å². The molecule has 8 heteroatoms. The maximum atomic E-state index is 11.1. The second-order valence-electron chi connectivity index (χ2n) is 4.26. The van der Waals surface area contributed by atoms with E-state index in [0.717, 1.165) is 4.90 Å². The minimum absolute atomic E-state index is 0.0741. The molecule has 0 aromatic rings. The summed E-state index contributed by atoms with van der Waals surface area (Å²) < 4.78 is 0. The van der Waals surface area contributed by atoms with E-state index in [1.807, 2.05) is 0 Å². The van der Waals surface area contributed by atoms with Gasteiger partial charge in [0.1, 0.15) is 0 Å². The SMILES string of the molecule is C=CCC(=O)NCCCN1C(=O)C=CC1=O.C=CNC(=O)CBr. The summed E-state index contributed by atoms with van der Waals surface area (Å²) in [6.45, 7) is 7.52. The molecule has 0 radical (unpaired) electrons. The number of carbonyl (C=O) groups is 4. The molecule has 126 valence electrons. The fraction of sp³-hybridized carbons (Fsp3) is 0.333. The highest BCUT2D eigenvalue weighted by atomic mass is 79.9. The highest BCUT2D eigenvalue weighted by Gasteiger charge is 2.22. The summed E-state index contributed by atoms with van der Waals surface area (Å²) in [5.74, 6) is -0.757. The molecule has 1 heterocycles. The van der Waals surface area contributed by atoms with Gasteiger partial charge in [-0.25, -0.2) is 0 Å². The Kier molecular flexibility index (Phi) is 11.1. The molecule has 1 aliphatic heterocycles. The Morgan fingerprint density at radius 3 is 2.22 bits per heavy atom. The minimum Gasteiger partial charge on any atom is -0.356 e. The third kappa shape index (κ3) is 9.41. The maximum Gasteiger partial charge on any atom is 0.253 e. The summed E-state index contributed by atoms with van der Waals surface area (Å²) >= 11 is 2.96.